The molecule has 0 saturated heterocycles. The lowest BCUT2D eigenvalue weighted by Gasteiger charge is -2.37. The molecule has 0 spiro atoms. The van der Waals surface area contributed by atoms with Crippen LogP contribution in [0.2, 0.25) is 0 Å². The van der Waals surface area contributed by atoms with E-state index in [0.29, 0.717) is 6.04 Å². The zero-order valence-corrected chi connectivity index (χ0v) is 12.4. The van der Waals surface area contributed by atoms with Crippen LogP contribution in [-0.2, 0) is 0 Å². The maximum absolute atomic E-state index is 3.98. The molecule has 2 aliphatic rings. The van der Waals surface area contributed by atoms with Gasteiger partial charge in [0.15, 0.2) is 0 Å². The van der Waals surface area contributed by atoms with Gasteiger partial charge in [0.1, 0.15) is 0 Å². The fourth-order valence-corrected chi connectivity index (χ4v) is 4.00. The zero-order valence-electron chi connectivity index (χ0n) is 12.4. The van der Waals surface area contributed by atoms with E-state index in [1.54, 1.807) is 11.1 Å². The molecule has 0 radical (unpaired) electrons. The van der Waals surface area contributed by atoms with Crippen LogP contribution in [0.1, 0.15) is 75.5 Å². The van der Waals surface area contributed by atoms with Crippen LogP contribution in [0.25, 0.3) is 0 Å². The van der Waals surface area contributed by atoms with Crippen LogP contribution in [0.5, 0.6) is 0 Å². The molecular formula is C18H27N. The van der Waals surface area contributed by atoms with Crippen molar-refractivity contribution in [2.45, 2.75) is 70.4 Å². The Balaban J connectivity index is 1.77. The Morgan fingerprint density at radius 2 is 1.63 bits per heavy atom. The molecule has 0 aliphatic heterocycles. The molecule has 2 aliphatic carbocycles. The SMILES string of the molecule is CC1CCC(NC2CCCCC2C)c2ccccc21. The minimum atomic E-state index is 0.595. The lowest BCUT2D eigenvalue weighted by Crippen LogP contribution is -2.40. The minimum Gasteiger partial charge on any atom is -0.307 e. The average Bonchev–Trinajstić information content (AvgIpc) is 2.44. The molecule has 1 aromatic rings. The van der Waals surface area contributed by atoms with E-state index in [1.165, 1.54) is 38.5 Å². The molecule has 104 valence electrons. The van der Waals surface area contributed by atoms with Crippen LogP contribution in [0, 0.1) is 5.92 Å². The van der Waals surface area contributed by atoms with E-state index in [1.807, 2.05) is 0 Å². The molecule has 1 aromatic carbocycles. The van der Waals surface area contributed by atoms with Crippen molar-refractivity contribution in [1.29, 1.82) is 0 Å². The molecule has 3 rings (SSSR count). The lowest BCUT2D eigenvalue weighted by molar-refractivity contribution is 0.247. The van der Waals surface area contributed by atoms with Gasteiger partial charge >= 0.3 is 0 Å². The van der Waals surface area contributed by atoms with Crippen LogP contribution < -0.4 is 5.32 Å². The Morgan fingerprint density at radius 1 is 0.895 bits per heavy atom. The zero-order chi connectivity index (χ0) is 13.2. The molecule has 1 nitrogen and oxygen atoms in total. The Bertz CT molecular complexity index is 425. The van der Waals surface area contributed by atoms with Crippen molar-refractivity contribution < 1.29 is 0 Å². The number of fused-ring (bicyclic) bond motifs is 1. The van der Waals surface area contributed by atoms with Crippen LogP contribution in [0.3, 0.4) is 0 Å². The molecule has 0 aromatic heterocycles. The van der Waals surface area contributed by atoms with Gasteiger partial charge in [-0.25, -0.2) is 0 Å². The Hall–Kier alpha value is -0.820. The summed E-state index contributed by atoms with van der Waals surface area (Å²) in [6, 6.07) is 10.4. The average molecular weight is 257 g/mol. The second kappa shape index (κ2) is 5.66. The van der Waals surface area contributed by atoms with Gasteiger partial charge in [-0.3, -0.25) is 0 Å². The molecule has 0 bridgehead atoms. The molecule has 1 N–H and O–H groups in total. The van der Waals surface area contributed by atoms with E-state index in [2.05, 4.69) is 43.4 Å². The predicted molar refractivity (Wildman–Crippen MR) is 81.4 cm³/mol. The molecule has 4 unspecified atom stereocenters. The van der Waals surface area contributed by atoms with Crippen LogP contribution >= 0.6 is 0 Å². The van der Waals surface area contributed by atoms with E-state index in [0.717, 1.165) is 17.9 Å². The summed E-state index contributed by atoms with van der Waals surface area (Å²) < 4.78 is 0. The van der Waals surface area contributed by atoms with Crippen LogP contribution in [0.15, 0.2) is 24.3 Å². The maximum atomic E-state index is 3.98. The molecule has 0 amide bonds. The fourth-order valence-electron chi connectivity index (χ4n) is 4.00. The van der Waals surface area contributed by atoms with Gasteiger partial charge in [0, 0.05) is 12.1 Å². The lowest BCUT2D eigenvalue weighted by atomic mass is 9.79. The van der Waals surface area contributed by atoms with E-state index >= 15 is 0 Å². The summed E-state index contributed by atoms with van der Waals surface area (Å²) in [5.41, 5.74) is 3.15. The molecule has 1 heteroatoms. The summed E-state index contributed by atoms with van der Waals surface area (Å²) in [7, 11) is 0. The maximum Gasteiger partial charge on any atom is 0.0325 e. The highest BCUT2D eigenvalue weighted by atomic mass is 15.0. The van der Waals surface area contributed by atoms with Gasteiger partial charge in [-0.1, -0.05) is 51.0 Å². The second-order valence-electron chi connectivity index (χ2n) is 6.69. The molecule has 19 heavy (non-hydrogen) atoms. The molecule has 4 atom stereocenters. The fraction of sp³-hybridized carbons (Fsp3) is 0.667. The van der Waals surface area contributed by atoms with Gasteiger partial charge in [-0.2, -0.15) is 0 Å². The third-order valence-electron chi connectivity index (χ3n) is 5.32. The molecule has 1 fully saturated rings. The molecule has 1 saturated carbocycles. The molecule has 0 heterocycles. The van der Waals surface area contributed by atoms with Crippen LogP contribution in [0.4, 0.5) is 0 Å². The Morgan fingerprint density at radius 3 is 2.42 bits per heavy atom. The first kappa shape index (κ1) is 13.2. The highest BCUT2D eigenvalue weighted by molar-refractivity contribution is 5.35. The Labute approximate surface area is 117 Å². The highest BCUT2D eigenvalue weighted by Gasteiger charge is 2.28. The second-order valence-corrected chi connectivity index (χ2v) is 6.69. The van der Waals surface area contributed by atoms with Gasteiger partial charge in [0.05, 0.1) is 0 Å². The van der Waals surface area contributed by atoms with Crippen molar-refractivity contribution >= 4 is 0 Å². The third-order valence-corrected chi connectivity index (χ3v) is 5.32. The summed E-state index contributed by atoms with van der Waals surface area (Å²) >= 11 is 0. The topological polar surface area (TPSA) is 12.0 Å². The smallest absolute Gasteiger partial charge is 0.0325 e. The van der Waals surface area contributed by atoms with Gasteiger partial charge in [0.2, 0.25) is 0 Å². The van der Waals surface area contributed by atoms with Gasteiger partial charge in [-0.15, -0.1) is 0 Å². The third kappa shape index (κ3) is 2.72. The van der Waals surface area contributed by atoms with E-state index in [9.17, 15) is 0 Å². The van der Waals surface area contributed by atoms with Gasteiger partial charge in [0.25, 0.3) is 0 Å². The molecular weight excluding hydrogens is 230 g/mol. The number of rotatable bonds is 2. The van der Waals surface area contributed by atoms with Crippen LogP contribution in [-0.4, -0.2) is 6.04 Å². The van der Waals surface area contributed by atoms with Crippen molar-refractivity contribution in [1.82, 2.24) is 5.32 Å². The number of hydrogen-bond acceptors (Lipinski definition) is 1. The normalized spacial score (nSPS) is 34.8. The van der Waals surface area contributed by atoms with Crippen molar-refractivity contribution in [3.63, 3.8) is 0 Å². The van der Waals surface area contributed by atoms with Gasteiger partial charge in [-0.05, 0) is 48.6 Å². The Kier molecular flexibility index (Phi) is 3.93. The first-order valence-electron chi connectivity index (χ1n) is 8.10. The minimum absolute atomic E-state index is 0.595. The number of nitrogens with one attached hydrogen (secondary N) is 1. The van der Waals surface area contributed by atoms with Crippen molar-refractivity contribution in [3.05, 3.63) is 35.4 Å². The van der Waals surface area contributed by atoms with Crippen molar-refractivity contribution in [2.75, 3.05) is 0 Å². The first-order chi connectivity index (χ1) is 9.25. The summed E-state index contributed by atoms with van der Waals surface area (Å²) in [5.74, 6) is 1.58. The van der Waals surface area contributed by atoms with E-state index < -0.39 is 0 Å². The standard InChI is InChI=1S/C18H27N/c1-13-11-12-18(16-9-5-4-8-15(13)16)19-17-10-6-3-7-14(17)2/h4-5,8-9,13-14,17-19H,3,6-7,10-12H2,1-2H3. The summed E-state index contributed by atoms with van der Waals surface area (Å²) in [6.07, 6.45) is 8.25. The van der Waals surface area contributed by atoms with Crippen molar-refractivity contribution in [3.8, 4) is 0 Å². The summed E-state index contributed by atoms with van der Waals surface area (Å²) in [5, 5.41) is 3.98. The summed E-state index contributed by atoms with van der Waals surface area (Å²) in [4.78, 5) is 0. The van der Waals surface area contributed by atoms with E-state index in [-0.39, 0.29) is 0 Å². The monoisotopic (exact) mass is 257 g/mol. The summed E-state index contributed by atoms with van der Waals surface area (Å²) in [6.45, 7) is 4.80. The predicted octanol–water partition coefficient (Wildman–Crippen LogP) is 4.79. The largest absolute Gasteiger partial charge is 0.307 e. The van der Waals surface area contributed by atoms with Gasteiger partial charge < -0.3 is 5.32 Å². The number of benzene rings is 1. The number of hydrogen-bond donors (Lipinski definition) is 1. The highest BCUT2D eigenvalue weighted by Crippen LogP contribution is 2.38. The van der Waals surface area contributed by atoms with Crippen molar-refractivity contribution in [2.24, 2.45) is 5.92 Å². The first-order valence-corrected chi connectivity index (χ1v) is 8.10. The van der Waals surface area contributed by atoms with E-state index in [4.69, 9.17) is 0 Å². The quantitative estimate of drug-likeness (QED) is 0.803.